The number of nitrogens with zero attached hydrogens (tertiary/aromatic N) is 3. The van der Waals surface area contributed by atoms with E-state index >= 15 is 0 Å². The molecule has 8 aromatic carbocycles. The molecule has 11 aromatic rings. The third-order valence-electron chi connectivity index (χ3n) is 12.1. The summed E-state index contributed by atoms with van der Waals surface area (Å²) >= 11 is 0. The second-order valence-electron chi connectivity index (χ2n) is 15.3. The first kappa shape index (κ1) is 30.4. The first-order valence-corrected chi connectivity index (χ1v) is 19.0. The maximum atomic E-state index is 6.85. The Hall–Kier alpha value is -7.04. The summed E-state index contributed by atoms with van der Waals surface area (Å²) in [6, 6.07) is 63.8. The van der Waals surface area contributed by atoms with Crippen LogP contribution in [0.25, 0.3) is 82.5 Å². The molecule has 0 amide bonds. The van der Waals surface area contributed by atoms with Gasteiger partial charge in [0.05, 0.1) is 38.5 Å². The fraction of sp³-hybridized carbons (Fsp3) is 0.0588. The molecule has 12 rings (SSSR count). The molecule has 0 atom stereocenters. The Balaban J connectivity index is 1.15. The van der Waals surface area contributed by atoms with E-state index in [0.717, 1.165) is 45.0 Å². The Labute approximate surface area is 317 Å². The predicted octanol–water partition coefficient (Wildman–Crippen LogP) is 13.4. The summed E-state index contributed by atoms with van der Waals surface area (Å²) in [5.41, 5.74) is 12.7. The zero-order valence-electron chi connectivity index (χ0n) is 30.5. The van der Waals surface area contributed by atoms with Crippen LogP contribution in [0.4, 0.5) is 0 Å². The van der Waals surface area contributed by atoms with Crippen molar-refractivity contribution in [1.29, 1.82) is 0 Å². The van der Waals surface area contributed by atoms with Crippen LogP contribution in [0.2, 0.25) is 0 Å². The molecular formula is C51H35N3O. The summed E-state index contributed by atoms with van der Waals surface area (Å²) in [6.45, 7) is 4.61. The van der Waals surface area contributed by atoms with Crippen molar-refractivity contribution < 1.29 is 4.74 Å². The van der Waals surface area contributed by atoms with Crippen molar-refractivity contribution in [2.75, 3.05) is 0 Å². The maximum Gasteiger partial charge on any atom is 0.141 e. The van der Waals surface area contributed by atoms with Crippen molar-refractivity contribution in [3.05, 3.63) is 187 Å². The first-order chi connectivity index (χ1) is 27.1. The van der Waals surface area contributed by atoms with E-state index in [4.69, 9.17) is 4.74 Å². The molecule has 0 N–H and O–H groups in total. The SMILES string of the molecule is CC1(C)c2ccccc2Oc2c1ccc1c2c2ccccc2n1-c1cccc(-n2c3ccccc3c3ccc4c(c5ccccc5n4-c4ccccc4)c32)c1. The smallest absolute Gasteiger partial charge is 0.141 e. The fourth-order valence-corrected chi connectivity index (χ4v) is 9.64. The fourth-order valence-electron chi connectivity index (χ4n) is 9.64. The minimum Gasteiger partial charge on any atom is -0.456 e. The highest BCUT2D eigenvalue weighted by atomic mass is 16.5. The highest BCUT2D eigenvalue weighted by Crippen LogP contribution is 2.52. The lowest BCUT2D eigenvalue weighted by Crippen LogP contribution is -2.24. The lowest BCUT2D eigenvalue weighted by atomic mass is 9.75. The van der Waals surface area contributed by atoms with Crippen LogP contribution in [0.5, 0.6) is 11.5 Å². The molecule has 0 spiro atoms. The molecule has 0 unspecified atom stereocenters. The van der Waals surface area contributed by atoms with Crippen LogP contribution in [0.3, 0.4) is 0 Å². The van der Waals surface area contributed by atoms with Crippen molar-refractivity contribution in [3.63, 3.8) is 0 Å². The van der Waals surface area contributed by atoms with Gasteiger partial charge in [-0.1, -0.05) is 123 Å². The van der Waals surface area contributed by atoms with Gasteiger partial charge < -0.3 is 18.4 Å². The van der Waals surface area contributed by atoms with E-state index < -0.39 is 0 Å². The highest BCUT2D eigenvalue weighted by molar-refractivity contribution is 6.26. The zero-order valence-corrected chi connectivity index (χ0v) is 30.5. The molecular weight excluding hydrogens is 671 g/mol. The average Bonchev–Trinajstić information content (AvgIpc) is 3.87. The minimum atomic E-state index is -0.201. The van der Waals surface area contributed by atoms with E-state index in [2.05, 4.69) is 203 Å². The molecule has 0 fully saturated rings. The van der Waals surface area contributed by atoms with E-state index in [1.165, 1.54) is 60.1 Å². The van der Waals surface area contributed by atoms with E-state index in [9.17, 15) is 0 Å². The summed E-state index contributed by atoms with van der Waals surface area (Å²) in [4.78, 5) is 0. The number of hydrogen-bond acceptors (Lipinski definition) is 1. The second kappa shape index (κ2) is 11.0. The molecule has 1 aliphatic rings. The van der Waals surface area contributed by atoms with Gasteiger partial charge in [-0.25, -0.2) is 0 Å². The van der Waals surface area contributed by atoms with Crippen molar-refractivity contribution in [1.82, 2.24) is 13.7 Å². The zero-order chi connectivity index (χ0) is 36.4. The average molecular weight is 706 g/mol. The Kier molecular flexibility index (Phi) is 6.09. The molecule has 4 heterocycles. The van der Waals surface area contributed by atoms with Crippen molar-refractivity contribution in [2.24, 2.45) is 0 Å². The summed E-state index contributed by atoms with van der Waals surface area (Å²) in [7, 11) is 0. The van der Waals surface area contributed by atoms with Crippen LogP contribution in [-0.2, 0) is 5.41 Å². The Morgan fingerprint density at radius 2 is 0.927 bits per heavy atom. The molecule has 0 bridgehead atoms. The van der Waals surface area contributed by atoms with Crippen LogP contribution in [0, 0.1) is 0 Å². The molecule has 260 valence electrons. The van der Waals surface area contributed by atoms with Crippen molar-refractivity contribution >= 4 is 65.4 Å². The van der Waals surface area contributed by atoms with E-state index in [1.807, 2.05) is 0 Å². The third-order valence-corrected chi connectivity index (χ3v) is 12.1. The largest absolute Gasteiger partial charge is 0.456 e. The normalized spacial score (nSPS) is 13.6. The number of ether oxygens (including phenoxy) is 1. The minimum absolute atomic E-state index is 0.201. The van der Waals surface area contributed by atoms with Crippen LogP contribution in [-0.4, -0.2) is 13.7 Å². The number of fused-ring (bicyclic) bond motifs is 13. The second-order valence-corrected chi connectivity index (χ2v) is 15.3. The number of benzene rings is 8. The third kappa shape index (κ3) is 4.06. The van der Waals surface area contributed by atoms with E-state index in [1.54, 1.807) is 0 Å². The number of rotatable bonds is 3. The van der Waals surface area contributed by atoms with E-state index in [0.29, 0.717) is 0 Å². The van der Waals surface area contributed by atoms with Crippen LogP contribution < -0.4 is 4.74 Å². The summed E-state index contributed by atoms with van der Waals surface area (Å²) < 4.78 is 14.2. The topological polar surface area (TPSA) is 24.0 Å². The maximum absolute atomic E-state index is 6.85. The van der Waals surface area contributed by atoms with Gasteiger partial charge in [-0.05, 0) is 66.7 Å². The van der Waals surface area contributed by atoms with E-state index in [-0.39, 0.29) is 5.41 Å². The monoisotopic (exact) mass is 705 g/mol. The molecule has 55 heavy (non-hydrogen) atoms. The van der Waals surface area contributed by atoms with Gasteiger partial charge in [0.1, 0.15) is 11.5 Å². The molecule has 1 aliphatic heterocycles. The standard InChI is InChI=1S/C51H35N3O/c1-51(2)39-22-9-13-26-46(39)55-50-40(51)28-30-45-48(50)38-21-8-12-25-43(38)53(45)33-17-14-18-34(31-33)54-41-23-10-6-19-35(41)36-27-29-44-47(49(36)54)37-20-7-11-24-42(37)52(44)32-15-4-3-5-16-32/h3-31H,1-2H3. The van der Waals surface area contributed by atoms with Gasteiger partial charge in [0.2, 0.25) is 0 Å². The number of hydrogen-bond donors (Lipinski definition) is 0. The van der Waals surface area contributed by atoms with Gasteiger partial charge in [-0.2, -0.15) is 0 Å². The van der Waals surface area contributed by atoms with Gasteiger partial charge in [0.25, 0.3) is 0 Å². The lowest BCUT2D eigenvalue weighted by molar-refractivity contribution is 0.423. The number of para-hydroxylation sites is 5. The Bertz CT molecular complexity index is 3380. The molecule has 0 radical (unpaired) electrons. The molecule has 4 heteroatoms. The van der Waals surface area contributed by atoms with Gasteiger partial charge in [-0.15, -0.1) is 0 Å². The quantitative estimate of drug-likeness (QED) is 0.180. The summed E-state index contributed by atoms with van der Waals surface area (Å²) in [5, 5.41) is 7.31. The summed E-state index contributed by atoms with van der Waals surface area (Å²) in [5.74, 6) is 1.88. The van der Waals surface area contributed by atoms with Gasteiger partial charge in [0.15, 0.2) is 0 Å². The Morgan fingerprint density at radius 3 is 1.69 bits per heavy atom. The number of aromatic nitrogens is 3. The molecule has 0 saturated carbocycles. The molecule has 3 aromatic heterocycles. The predicted molar refractivity (Wildman–Crippen MR) is 228 cm³/mol. The highest BCUT2D eigenvalue weighted by Gasteiger charge is 2.36. The molecule has 4 nitrogen and oxygen atoms in total. The van der Waals surface area contributed by atoms with Gasteiger partial charge in [0, 0.05) is 60.5 Å². The van der Waals surface area contributed by atoms with Crippen molar-refractivity contribution in [3.8, 4) is 28.6 Å². The van der Waals surface area contributed by atoms with Crippen LogP contribution in [0.15, 0.2) is 176 Å². The molecule has 0 aliphatic carbocycles. The van der Waals surface area contributed by atoms with Crippen molar-refractivity contribution in [2.45, 2.75) is 19.3 Å². The van der Waals surface area contributed by atoms with Crippen LogP contribution >= 0.6 is 0 Å². The lowest BCUT2D eigenvalue weighted by Gasteiger charge is -2.34. The summed E-state index contributed by atoms with van der Waals surface area (Å²) in [6.07, 6.45) is 0. The Morgan fingerprint density at radius 1 is 0.382 bits per heavy atom. The first-order valence-electron chi connectivity index (χ1n) is 19.0. The molecule has 0 saturated heterocycles. The van der Waals surface area contributed by atoms with Crippen LogP contribution in [0.1, 0.15) is 25.0 Å². The van der Waals surface area contributed by atoms with Gasteiger partial charge >= 0.3 is 0 Å². The van der Waals surface area contributed by atoms with Gasteiger partial charge in [-0.3, -0.25) is 0 Å².